The Morgan fingerprint density at radius 2 is 1.71 bits per heavy atom. The largest absolute Gasteiger partial charge is 0.378 e. The van der Waals surface area contributed by atoms with Crippen LogP contribution in [0, 0.1) is 0 Å². The molecule has 0 spiro atoms. The van der Waals surface area contributed by atoms with E-state index in [4.69, 9.17) is 16.3 Å². The molecule has 3 N–H and O–H groups in total. The second kappa shape index (κ2) is 9.54. The summed E-state index contributed by atoms with van der Waals surface area (Å²) in [5.74, 6) is -0.758. The number of morpholine rings is 1. The van der Waals surface area contributed by atoms with E-state index in [9.17, 15) is 9.59 Å². The molecular formula is C25H22ClN5O3. The van der Waals surface area contributed by atoms with E-state index in [0.717, 1.165) is 29.8 Å². The number of halogens is 1. The fourth-order valence-electron chi connectivity index (χ4n) is 3.83. The van der Waals surface area contributed by atoms with Gasteiger partial charge < -0.3 is 25.3 Å². The summed E-state index contributed by atoms with van der Waals surface area (Å²) in [6.07, 6.45) is 3.33. The normalized spacial score (nSPS) is 13.6. The van der Waals surface area contributed by atoms with Gasteiger partial charge in [-0.15, -0.1) is 0 Å². The minimum Gasteiger partial charge on any atom is -0.378 e. The van der Waals surface area contributed by atoms with Gasteiger partial charge in [-0.05, 0) is 54.6 Å². The molecule has 0 unspecified atom stereocenters. The van der Waals surface area contributed by atoms with Gasteiger partial charge in [0.15, 0.2) is 0 Å². The number of nitrogens with one attached hydrogen (secondary N) is 3. The highest BCUT2D eigenvalue weighted by Crippen LogP contribution is 2.23. The van der Waals surface area contributed by atoms with Gasteiger partial charge in [-0.1, -0.05) is 11.6 Å². The first-order valence-electron chi connectivity index (χ1n) is 10.8. The van der Waals surface area contributed by atoms with E-state index in [1.165, 1.54) is 6.07 Å². The summed E-state index contributed by atoms with van der Waals surface area (Å²) in [7, 11) is 0. The molecule has 3 heterocycles. The Kier molecular flexibility index (Phi) is 6.16. The second-order valence-electron chi connectivity index (χ2n) is 7.89. The van der Waals surface area contributed by atoms with E-state index >= 15 is 0 Å². The first-order valence-corrected chi connectivity index (χ1v) is 11.2. The highest BCUT2D eigenvalue weighted by Gasteiger charge is 2.16. The van der Waals surface area contributed by atoms with Crippen LogP contribution in [0.4, 0.5) is 17.1 Å². The number of carbonyl (C=O) groups excluding carboxylic acids is 2. The quantitative estimate of drug-likeness (QED) is 0.393. The van der Waals surface area contributed by atoms with Crippen molar-refractivity contribution in [2.75, 3.05) is 41.8 Å². The van der Waals surface area contributed by atoms with Gasteiger partial charge in [0.25, 0.3) is 11.8 Å². The van der Waals surface area contributed by atoms with Crippen LogP contribution in [0.5, 0.6) is 0 Å². The molecule has 4 aromatic rings. The van der Waals surface area contributed by atoms with E-state index < -0.39 is 5.91 Å². The van der Waals surface area contributed by atoms with Gasteiger partial charge in [-0.3, -0.25) is 9.59 Å². The van der Waals surface area contributed by atoms with Crippen LogP contribution >= 0.6 is 11.6 Å². The lowest BCUT2D eigenvalue weighted by Gasteiger charge is -2.28. The summed E-state index contributed by atoms with van der Waals surface area (Å²) in [5, 5.41) is 6.78. The van der Waals surface area contributed by atoms with Crippen LogP contribution in [0.15, 0.2) is 67.0 Å². The van der Waals surface area contributed by atoms with Gasteiger partial charge in [0, 0.05) is 41.6 Å². The van der Waals surface area contributed by atoms with Crippen molar-refractivity contribution in [2.45, 2.75) is 0 Å². The minimum atomic E-state index is -0.425. The van der Waals surface area contributed by atoms with Crippen LogP contribution in [0.25, 0.3) is 11.0 Å². The fourth-order valence-corrected chi connectivity index (χ4v) is 4.03. The number of anilines is 3. The summed E-state index contributed by atoms with van der Waals surface area (Å²) >= 11 is 6.26. The first kappa shape index (κ1) is 21.9. The minimum absolute atomic E-state index is 0.200. The van der Waals surface area contributed by atoms with Crippen molar-refractivity contribution in [3.63, 3.8) is 0 Å². The van der Waals surface area contributed by atoms with E-state index in [0.29, 0.717) is 30.2 Å². The third kappa shape index (κ3) is 4.73. The van der Waals surface area contributed by atoms with E-state index in [1.807, 2.05) is 36.4 Å². The third-order valence-electron chi connectivity index (χ3n) is 5.63. The van der Waals surface area contributed by atoms with Crippen LogP contribution in [-0.4, -0.2) is 48.1 Å². The van der Waals surface area contributed by atoms with Crippen LogP contribution in [-0.2, 0) is 4.74 Å². The molecule has 0 saturated carbocycles. The summed E-state index contributed by atoms with van der Waals surface area (Å²) in [4.78, 5) is 35.2. The number of hydrogen-bond acceptors (Lipinski definition) is 5. The maximum atomic E-state index is 12.9. The molecule has 9 heteroatoms. The molecule has 0 atom stereocenters. The molecule has 1 saturated heterocycles. The van der Waals surface area contributed by atoms with Crippen molar-refractivity contribution in [3.05, 3.63) is 83.1 Å². The van der Waals surface area contributed by atoms with Gasteiger partial charge in [0.1, 0.15) is 5.65 Å². The van der Waals surface area contributed by atoms with Crippen molar-refractivity contribution >= 4 is 51.5 Å². The predicted molar refractivity (Wildman–Crippen MR) is 133 cm³/mol. The summed E-state index contributed by atoms with van der Waals surface area (Å²) < 4.78 is 5.39. The standard InChI is InChI=1S/C25H22ClN5O3/c26-22-6-1-17(14-21(22)25(33)30-19-13-16-7-8-27-23(16)28-15-19)24(32)29-18-2-4-20(5-3-18)31-9-11-34-12-10-31/h1-8,13-15H,9-12H2,(H,27,28)(H,29,32)(H,30,33). The van der Waals surface area contributed by atoms with Crippen LogP contribution in [0.2, 0.25) is 5.02 Å². The number of aromatic nitrogens is 2. The Bertz CT molecular complexity index is 1350. The average molecular weight is 476 g/mol. The topological polar surface area (TPSA) is 99.3 Å². The maximum absolute atomic E-state index is 12.9. The molecule has 0 bridgehead atoms. The zero-order valence-corrected chi connectivity index (χ0v) is 18.9. The number of carbonyl (C=O) groups is 2. The number of H-pyrrole nitrogens is 1. The Balaban J connectivity index is 1.28. The van der Waals surface area contributed by atoms with Crippen molar-refractivity contribution in [3.8, 4) is 0 Å². The Hall–Kier alpha value is -3.88. The molecule has 0 radical (unpaired) electrons. The van der Waals surface area contributed by atoms with Crippen LogP contribution in [0.1, 0.15) is 20.7 Å². The van der Waals surface area contributed by atoms with E-state index in [-0.39, 0.29) is 16.5 Å². The second-order valence-corrected chi connectivity index (χ2v) is 8.30. The lowest BCUT2D eigenvalue weighted by Crippen LogP contribution is -2.36. The molecule has 1 aliphatic heterocycles. The van der Waals surface area contributed by atoms with E-state index in [1.54, 1.807) is 24.5 Å². The molecule has 8 nitrogen and oxygen atoms in total. The van der Waals surface area contributed by atoms with Crippen molar-refractivity contribution in [2.24, 2.45) is 0 Å². The number of aromatic amines is 1. The summed E-state index contributed by atoms with van der Waals surface area (Å²) in [5.41, 5.74) is 3.53. The zero-order valence-electron chi connectivity index (χ0n) is 18.2. The molecule has 2 amide bonds. The highest BCUT2D eigenvalue weighted by atomic mass is 35.5. The molecule has 0 aliphatic carbocycles. The Morgan fingerprint density at radius 3 is 2.50 bits per heavy atom. The molecule has 172 valence electrons. The number of pyridine rings is 1. The van der Waals surface area contributed by atoms with Gasteiger partial charge in [0.05, 0.1) is 35.7 Å². The Labute approximate surface area is 200 Å². The van der Waals surface area contributed by atoms with Gasteiger partial charge in [0.2, 0.25) is 0 Å². The maximum Gasteiger partial charge on any atom is 0.257 e. The number of rotatable bonds is 5. The monoisotopic (exact) mass is 475 g/mol. The molecule has 34 heavy (non-hydrogen) atoms. The third-order valence-corrected chi connectivity index (χ3v) is 5.96. The molecule has 1 aliphatic rings. The summed E-state index contributed by atoms with van der Waals surface area (Å²) in [6, 6.07) is 15.9. The number of benzene rings is 2. The SMILES string of the molecule is O=C(Nc1ccc(N2CCOCC2)cc1)c1ccc(Cl)c(C(=O)Nc2cnc3[nH]ccc3c2)c1. The van der Waals surface area contributed by atoms with Crippen molar-refractivity contribution in [1.29, 1.82) is 0 Å². The average Bonchev–Trinajstić information content (AvgIpc) is 3.33. The lowest BCUT2D eigenvalue weighted by atomic mass is 10.1. The molecule has 1 fully saturated rings. The van der Waals surface area contributed by atoms with Gasteiger partial charge in [-0.2, -0.15) is 0 Å². The predicted octanol–water partition coefficient (Wildman–Crippen LogP) is 4.56. The molecule has 2 aromatic heterocycles. The first-order chi connectivity index (χ1) is 16.6. The highest BCUT2D eigenvalue weighted by molar-refractivity contribution is 6.34. The van der Waals surface area contributed by atoms with E-state index in [2.05, 4.69) is 25.5 Å². The molecule has 2 aromatic carbocycles. The van der Waals surface area contributed by atoms with Gasteiger partial charge in [-0.25, -0.2) is 4.98 Å². The number of amides is 2. The lowest BCUT2D eigenvalue weighted by molar-refractivity contribution is 0.102. The van der Waals surface area contributed by atoms with Crippen LogP contribution in [0.3, 0.4) is 0 Å². The zero-order chi connectivity index (χ0) is 23.5. The fraction of sp³-hybridized carbons (Fsp3) is 0.160. The number of ether oxygens (including phenoxy) is 1. The molecule has 5 rings (SSSR count). The number of hydrogen-bond donors (Lipinski definition) is 3. The van der Waals surface area contributed by atoms with Gasteiger partial charge >= 0.3 is 0 Å². The number of nitrogens with zero attached hydrogens (tertiary/aromatic N) is 2. The summed E-state index contributed by atoms with van der Waals surface area (Å²) in [6.45, 7) is 3.11. The van der Waals surface area contributed by atoms with Crippen LogP contribution < -0.4 is 15.5 Å². The smallest absolute Gasteiger partial charge is 0.257 e. The van der Waals surface area contributed by atoms with Crippen molar-refractivity contribution in [1.82, 2.24) is 9.97 Å². The molecular weight excluding hydrogens is 454 g/mol. The van der Waals surface area contributed by atoms with Crippen molar-refractivity contribution < 1.29 is 14.3 Å². The number of fused-ring (bicyclic) bond motifs is 1. The Morgan fingerprint density at radius 1 is 0.941 bits per heavy atom.